The molecule has 0 unspecified atom stereocenters. The summed E-state index contributed by atoms with van der Waals surface area (Å²) in [5, 5.41) is 0. The van der Waals surface area contributed by atoms with Crippen molar-refractivity contribution >= 4 is 0 Å². The third-order valence-corrected chi connectivity index (χ3v) is 2.98. The van der Waals surface area contributed by atoms with E-state index in [-0.39, 0.29) is 0 Å². The Bertz CT molecular complexity index is 155. The van der Waals surface area contributed by atoms with Crippen molar-refractivity contribution in [2.45, 2.75) is 26.7 Å². The van der Waals surface area contributed by atoms with Crippen molar-refractivity contribution in [3.8, 4) is 0 Å². The quantitative estimate of drug-likeness (QED) is 0.433. The Kier molecular flexibility index (Phi) is 0.992. The van der Waals surface area contributed by atoms with Crippen molar-refractivity contribution in [3.05, 3.63) is 11.6 Å². The SMILES string of the molecule is CC1=C[C@@H]2[C@H](C)[C@@H]2CC1. The van der Waals surface area contributed by atoms with Crippen LogP contribution in [0.2, 0.25) is 0 Å². The molecule has 1 saturated carbocycles. The summed E-state index contributed by atoms with van der Waals surface area (Å²) in [6.07, 6.45) is 5.32. The molecule has 0 radical (unpaired) electrons. The van der Waals surface area contributed by atoms with Crippen molar-refractivity contribution in [2.24, 2.45) is 17.8 Å². The van der Waals surface area contributed by atoms with Gasteiger partial charge in [0.05, 0.1) is 0 Å². The third-order valence-electron chi connectivity index (χ3n) is 2.98. The van der Waals surface area contributed by atoms with Crippen molar-refractivity contribution in [2.75, 3.05) is 0 Å². The predicted molar refractivity (Wildman–Crippen MR) is 39.1 cm³/mol. The predicted octanol–water partition coefficient (Wildman–Crippen LogP) is 2.61. The molecule has 0 aromatic rings. The lowest BCUT2D eigenvalue weighted by Gasteiger charge is -2.04. The van der Waals surface area contributed by atoms with E-state index in [0.717, 1.165) is 17.8 Å². The Morgan fingerprint density at radius 2 is 2.33 bits per heavy atom. The molecular weight excluding hydrogens is 108 g/mol. The van der Waals surface area contributed by atoms with Crippen molar-refractivity contribution in [1.82, 2.24) is 0 Å². The summed E-state index contributed by atoms with van der Waals surface area (Å²) in [6, 6.07) is 0. The highest BCUT2D eigenvalue weighted by Gasteiger charge is 2.45. The fourth-order valence-corrected chi connectivity index (χ4v) is 2.12. The Morgan fingerprint density at radius 1 is 1.56 bits per heavy atom. The van der Waals surface area contributed by atoms with Gasteiger partial charge in [-0.15, -0.1) is 0 Å². The second-order valence-electron chi connectivity index (χ2n) is 3.65. The molecule has 0 saturated heterocycles. The maximum absolute atomic E-state index is 2.48. The molecule has 2 aliphatic carbocycles. The second-order valence-corrected chi connectivity index (χ2v) is 3.65. The summed E-state index contributed by atoms with van der Waals surface area (Å²) >= 11 is 0. The first kappa shape index (κ1) is 5.52. The maximum atomic E-state index is 2.48. The molecule has 0 bridgehead atoms. The van der Waals surface area contributed by atoms with Gasteiger partial charge in [0.1, 0.15) is 0 Å². The lowest BCUT2D eigenvalue weighted by Crippen LogP contribution is -1.89. The average molecular weight is 122 g/mol. The molecule has 0 nitrogen and oxygen atoms in total. The lowest BCUT2D eigenvalue weighted by atomic mass is 10.0. The van der Waals surface area contributed by atoms with Crippen LogP contribution in [0.4, 0.5) is 0 Å². The van der Waals surface area contributed by atoms with Gasteiger partial charge < -0.3 is 0 Å². The molecule has 9 heavy (non-hydrogen) atoms. The molecule has 50 valence electrons. The molecule has 0 aromatic heterocycles. The average Bonchev–Trinajstić information content (AvgIpc) is 2.43. The molecule has 0 aromatic carbocycles. The smallest absolute Gasteiger partial charge is 0.0171 e. The summed E-state index contributed by atoms with van der Waals surface area (Å²) in [5.41, 5.74) is 1.63. The highest BCUT2D eigenvalue weighted by Crippen LogP contribution is 2.53. The minimum Gasteiger partial charge on any atom is -0.0819 e. The molecule has 2 rings (SSSR count). The molecule has 0 spiro atoms. The second kappa shape index (κ2) is 1.62. The normalized spacial score (nSPS) is 47.8. The number of allylic oxidation sites excluding steroid dienone is 2. The van der Waals surface area contributed by atoms with Gasteiger partial charge in [0.15, 0.2) is 0 Å². The lowest BCUT2D eigenvalue weighted by molar-refractivity contribution is 0.642. The fraction of sp³-hybridized carbons (Fsp3) is 0.778. The van der Waals surface area contributed by atoms with Gasteiger partial charge in [-0.25, -0.2) is 0 Å². The van der Waals surface area contributed by atoms with E-state index >= 15 is 0 Å². The number of hydrogen-bond donors (Lipinski definition) is 0. The number of hydrogen-bond acceptors (Lipinski definition) is 0. The summed E-state index contributed by atoms with van der Waals surface area (Å²) in [5.74, 6) is 3.08. The first-order chi connectivity index (χ1) is 4.29. The minimum absolute atomic E-state index is 0.985. The molecule has 0 N–H and O–H groups in total. The van der Waals surface area contributed by atoms with Crippen LogP contribution in [-0.2, 0) is 0 Å². The van der Waals surface area contributed by atoms with Crippen LogP contribution >= 0.6 is 0 Å². The molecule has 0 aliphatic heterocycles. The van der Waals surface area contributed by atoms with Crippen LogP contribution in [0.25, 0.3) is 0 Å². The van der Waals surface area contributed by atoms with E-state index in [1.165, 1.54) is 12.8 Å². The van der Waals surface area contributed by atoms with E-state index in [4.69, 9.17) is 0 Å². The zero-order chi connectivity index (χ0) is 6.43. The summed E-state index contributed by atoms with van der Waals surface area (Å²) in [4.78, 5) is 0. The summed E-state index contributed by atoms with van der Waals surface area (Å²) < 4.78 is 0. The van der Waals surface area contributed by atoms with Crippen molar-refractivity contribution in [3.63, 3.8) is 0 Å². The zero-order valence-corrected chi connectivity index (χ0v) is 6.22. The fourth-order valence-electron chi connectivity index (χ4n) is 2.12. The standard InChI is InChI=1S/C9H14/c1-6-3-4-8-7(2)9(8)5-6/h5,7-9H,3-4H2,1-2H3/t7-,8+,9-/m1/s1. The van der Waals surface area contributed by atoms with E-state index in [1.54, 1.807) is 5.57 Å². The van der Waals surface area contributed by atoms with Crippen LogP contribution in [0.3, 0.4) is 0 Å². The summed E-state index contributed by atoms with van der Waals surface area (Å²) in [7, 11) is 0. The first-order valence-electron chi connectivity index (χ1n) is 3.96. The number of rotatable bonds is 0. The highest BCUT2D eigenvalue weighted by atomic mass is 14.5. The number of fused-ring (bicyclic) bond motifs is 1. The van der Waals surface area contributed by atoms with Crippen LogP contribution in [0, 0.1) is 17.8 Å². The van der Waals surface area contributed by atoms with E-state index in [2.05, 4.69) is 19.9 Å². The van der Waals surface area contributed by atoms with Crippen LogP contribution in [0.15, 0.2) is 11.6 Å². The van der Waals surface area contributed by atoms with Gasteiger partial charge in [0, 0.05) is 0 Å². The van der Waals surface area contributed by atoms with E-state index in [1.807, 2.05) is 0 Å². The van der Waals surface area contributed by atoms with Gasteiger partial charge in [-0.05, 0) is 37.5 Å². The first-order valence-corrected chi connectivity index (χ1v) is 3.96. The Labute approximate surface area is 57.0 Å². The molecule has 0 heterocycles. The molecule has 0 amide bonds. The largest absolute Gasteiger partial charge is 0.0819 e. The molecule has 2 aliphatic rings. The highest BCUT2D eigenvalue weighted by molar-refractivity contribution is 5.16. The maximum Gasteiger partial charge on any atom is -0.0171 e. The van der Waals surface area contributed by atoms with Gasteiger partial charge in [-0.1, -0.05) is 18.6 Å². The monoisotopic (exact) mass is 122 g/mol. The van der Waals surface area contributed by atoms with Crippen LogP contribution in [0.5, 0.6) is 0 Å². The van der Waals surface area contributed by atoms with E-state index in [9.17, 15) is 0 Å². The Morgan fingerprint density at radius 3 is 2.89 bits per heavy atom. The molecule has 1 fully saturated rings. The van der Waals surface area contributed by atoms with Crippen LogP contribution in [0.1, 0.15) is 26.7 Å². The van der Waals surface area contributed by atoms with Crippen molar-refractivity contribution < 1.29 is 0 Å². The van der Waals surface area contributed by atoms with E-state index < -0.39 is 0 Å². The van der Waals surface area contributed by atoms with E-state index in [0.29, 0.717) is 0 Å². The van der Waals surface area contributed by atoms with Gasteiger partial charge in [-0.2, -0.15) is 0 Å². The minimum atomic E-state index is 0.985. The Hall–Kier alpha value is -0.260. The molecule has 0 heteroatoms. The van der Waals surface area contributed by atoms with Gasteiger partial charge in [0.2, 0.25) is 0 Å². The molecule has 3 atom stereocenters. The van der Waals surface area contributed by atoms with Crippen molar-refractivity contribution in [1.29, 1.82) is 0 Å². The van der Waals surface area contributed by atoms with Gasteiger partial charge in [-0.3, -0.25) is 0 Å². The van der Waals surface area contributed by atoms with Crippen LogP contribution in [-0.4, -0.2) is 0 Å². The van der Waals surface area contributed by atoms with Crippen LogP contribution < -0.4 is 0 Å². The zero-order valence-electron chi connectivity index (χ0n) is 6.22. The topological polar surface area (TPSA) is 0 Å². The Balaban J connectivity index is 2.14. The molecular formula is C9H14. The van der Waals surface area contributed by atoms with Gasteiger partial charge >= 0.3 is 0 Å². The third kappa shape index (κ3) is 0.726. The summed E-state index contributed by atoms with van der Waals surface area (Å²) in [6.45, 7) is 4.64. The van der Waals surface area contributed by atoms with Gasteiger partial charge in [0.25, 0.3) is 0 Å².